The van der Waals surface area contributed by atoms with Gasteiger partial charge in [-0.25, -0.2) is 4.98 Å². The quantitative estimate of drug-likeness (QED) is 0.441. The van der Waals surface area contributed by atoms with Crippen LogP contribution in [0.3, 0.4) is 0 Å². The molecule has 1 aliphatic heterocycles. The third-order valence-electron chi connectivity index (χ3n) is 3.72. The lowest BCUT2D eigenvalue weighted by molar-refractivity contribution is -0.121. The molecule has 1 fully saturated rings. The Labute approximate surface area is 160 Å². The third kappa shape index (κ3) is 3.91. The molecule has 0 aliphatic carbocycles. The van der Waals surface area contributed by atoms with Crippen LogP contribution in [0.15, 0.2) is 40.7 Å². The lowest BCUT2D eigenvalue weighted by Crippen LogP contribution is -2.22. The summed E-state index contributed by atoms with van der Waals surface area (Å²) in [5.41, 5.74) is 2.00. The summed E-state index contributed by atoms with van der Waals surface area (Å²) in [5, 5.41) is 0.944. The SMILES string of the molecule is COc1ccc(C=C2SC(=S)N(C)C2=O)cc1CSc1nccn1C. The van der Waals surface area contributed by atoms with Crippen molar-refractivity contribution in [2.45, 2.75) is 10.9 Å². The number of hydrogen-bond donors (Lipinski definition) is 0. The van der Waals surface area contributed by atoms with Gasteiger partial charge in [0.1, 0.15) is 10.1 Å². The van der Waals surface area contributed by atoms with Crippen LogP contribution < -0.4 is 4.74 Å². The summed E-state index contributed by atoms with van der Waals surface area (Å²) in [7, 11) is 5.32. The summed E-state index contributed by atoms with van der Waals surface area (Å²) in [4.78, 5) is 18.6. The molecule has 0 unspecified atom stereocenters. The number of aryl methyl sites for hydroxylation is 1. The summed E-state index contributed by atoms with van der Waals surface area (Å²) in [6, 6.07) is 5.90. The zero-order chi connectivity index (χ0) is 18.0. The number of methoxy groups -OCH3 is 1. The number of ether oxygens (including phenoxy) is 1. The van der Waals surface area contributed by atoms with Crippen molar-refractivity contribution < 1.29 is 9.53 Å². The van der Waals surface area contributed by atoms with E-state index in [9.17, 15) is 4.79 Å². The Bertz CT molecular complexity index is 861. The predicted molar refractivity (Wildman–Crippen MR) is 107 cm³/mol. The van der Waals surface area contributed by atoms with E-state index in [1.54, 1.807) is 32.1 Å². The Balaban J connectivity index is 1.84. The highest BCUT2D eigenvalue weighted by atomic mass is 32.2. The van der Waals surface area contributed by atoms with Crippen molar-refractivity contribution in [3.8, 4) is 5.75 Å². The number of hydrogen-bond acceptors (Lipinski definition) is 6. The molecular weight excluding hydrogens is 374 g/mol. The first kappa shape index (κ1) is 18.0. The number of nitrogens with zero attached hydrogens (tertiary/aromatic N) is 3. The Kier molecular flexibility index (Phi) is 5.51. The van der Waals surface area contributed by atoms with E-state index in [0.29, 0.717) is 9.23 Å². The standard InChI is InChI=1S/C17H17N3O2S3/c1-19-7-6-18-16(19)24-10-12-8-11(4-5-13(12)22-3)9-14-15(21)20(2)17(23)25-14/h4-9H,10H2,1-3H3. The summed E-state index contributed by atoms with van der Waals surface area (Å²) in [6.45, 7) is 0. The second-order valence-electron chi connectivity index (χ2n) is 5.42. The average molecular weight is 392 g/mol. The van der Waals surface area contributed by atoms with Crippen LogP contribution in [0.4, 0.5) is 0 Å². The van der Waals surface area contributed by atoms with Crippen LogP contribution >= 0.6 is 35.7 Å². The molecule has 8 heteroatoms. The summed E-state index contributed by atoms with van der Waals surface area (Å²) in [5.74, 6) is 1.49. The molecule has 2 heterocycles. The van der Waals surface area contributed by atoms with Crippen molar-refractivity contribution in [2.75, 3.05) is 14.2 Å². The van der Waals surface area contributed by atoms with Crippen LogP contribution in [-0.4, -0.2) is 38.8 Å². The van der Waals surface area contributed by atoms with Gasteiger partial charge in [-0.1, -0.05) is 41.8 Å². The number of benzene rings is 1. The van der Waals surface area contributed by atoms with Crippen LogP contribution in [0.1, 0.15) is 11.1 Å². The third-order valence-corrected chi connectivity index (χ3v) is 6.31. The first-order valence-electron chi connectivity index (χ1n) is 7.48. The molecule has 1 aromatic heterocycles. The van der Waals surface area contributed by atoms with Gasteiger partial charge in [0.05, 0.1) is 12.0 Å². The molecule has 2 aromatic rings. The van der Waals surface area contributed by atoms with Crippen LogP contribution in [0.2, 0.25) is 0 Å². The van der Waals surface area contributed by atoms with E-state index in [4.69, 9.17) is 17.0 Å². The molecule has 3 rings (SSSR count). The number of rotatable bonds is 5. The molecule has 0 atom stereocenters. The predicted octanol–water partition coefficient (Wildman–Crippen LogP) is 3.55. The van der Waals surface area contributed by atoms with Crippen molar-refractivity contribution in [3.05, 3.63) is 46.6 Å². The fourth-order valence-corrected chi connectivity index (χ4v) is 4.42. The van der Waals surface area contributed by atoms with Gasteiger partial charge in [0.15, 0.2) is 5.16 Å². The first-order chi connectivity index (χ1) is 12.0. The highest BCUT2D eigenvalue weighted by Crippen LogP contribution is 2.33. The zero-order valence-corrected chi connectivity index (χ0v) is 16.5. The fraction of sp³-hybridized carbons (Fsp3) is 0.235. The number of aromatic nitrogens is 2. The Hall–Kier alpha value is -1.77. The minimum Gasteiger partial charge on any atom is -0.496 e. The topological polar surface area (TPSA) is 47.4 Å². The van der Waals surface area contributed by atoms with E-state index < -0.39 is 0 Å². The monoisotopic (exact) mass is 391 g/mol. The lowest BCUT2D eigenvalue weighted by Gasteiger charge is -2.09. The summed E-state index contributed by atoms with van der Waals surface area (Å²) >= 11 is 8.14. The average Bonchev–Trinajstić information content (AvgIpc) is 3.12. The molecule has 5 nitrogen and oxygen atoms in total. The minimum atomic E-state index is -0.0604. The zero-order valence-electron chi connectivity index (χ0n) is 14.1. The number of thiocarbonyl (C=S) groups is 1. The number of carbonyl (C=O) groups is 1. The van der Waals surface area contributed by atoms with Crippen molar-refractivity contribution in [3.63, 3.8) is 0 Å². The van der Waals surface area contributed by atoms with Crippen LogP contribution in [-0.2, 0) is 17.6 Å². The normalized spacial score (nSPS) is 16.1. The molecule has 0 bridgehead atoms. The molecule has 1 aliphatic rings. The van der Waals surface area contributed by atoms with Crippen molar-refractivity contribution in [1.29, 1.82) is 0 Å². The van der Waals surface area contributed by atoms with Gasteiger partial charge in [-0.15, -0.1) is 0 Å². The summed E-state index contributed by atoms with van der Waals surface area (Å²) in [6.07, 6.45) is 5.57. The lowest BCUT2D eigenvalue weighted by atomic mass is 10.1. The fourth-order valence-electron chi connectivity index (χ4n) is 2.33. The number of imidazole rings is 1. The van der Waals surface area contributed by atoms with Crippen molar-refractivity contribution in [1.82, 2.24) is 14.5 Å². The van der Waals surface area contributed by atoms with Crippen LogP contribution in [0.5, 0.6) is 5.75 Å². The maximum absolute atomic E-state index is 12.2. The Morgan fingerprint density at radius 2 is 2.20 bits per heavy atom. The second-order valence-corrected chi connectivity index (χ2v) is 8.04. The van der Waals surface area contributed by atoms with Crippen molar-refractivity contribution >= 4 is 52.0 Å². The Morgan fingerprint density at radius 1 is 1.40 bits per heavy atom. The molecular formula is C17H17N3O2S3. The molecule has 130 valence electrons. The van der Waals surface area contributed by atoms with Gasteiger partial charge in [-0.2, -0.15) is 0 Å². The number of likely N-dealkylation sites (N-methyl/N-ethyl adjacent to an activating group) is 1. The highest BCUT2D eigenvalue weighted by molar-refractivity contribution is 8.26. The Morgan fingerprint density at radius 3 is 2.80 bits per heavy atom. The minimum absolute atomic E-state index is 0.0604. The van der Waals surface area contributed by atoms with Gasteiger partial charge in [-0.3, -0.25) is 9.69 Å². The number of amides is 1. The largest absolute Gasteiger partial charge is 0.496 e. The van der Waals surface area contributed by atoms with E-state index in [0.717, 1.165) is 27.8 Å². The second kappa shape index (κ2) is 7.63. The van der Waals surface area contributed by atoms with E-state index in [-0.39, 0.29) is 5.91 Å². The van der Waals surface area contributed by atoms with Gasteiger partial charge in [-0.05, 0) is 23.8 Å². The van der Waals surface area contributed by atoms with Gasteiger partial charge in [0, 0.05) is 37.8 Å². The molecule has 1 aromatic carbocycles. The molecule has 25 heavy (non-hydrogen) atoms. The first-order valence-corrected chi connectivity index (χ1v) is 9.69. The molecule has 1 saturated heterocycles. The highest BCUT2D eigenvalue weighted by Gasteiger charge is 2.28. The molecule has 0 spiro atoms. The summed E-state index contributed by atoms with van der Waals surface area (Å²) < 4.78 is 8.02. The van der Waals surface area contributed by atoms with Crippen molar-refractivity contribution in [2.24, 2.45) is 7.05 Å². The smallest absolute Gasteiger partial charge is 0.265 e. The number of carbonyl (C=O) groups excluding carboxylic acids is 1. The maximum Gasteiger partial charge on any atom is 0.265 e. The van der Waals surface area contributed by atoms with Gasteiger partial charge in [0.25, 0.3) is 5.91 Å². The van der Waals surface area contributed by atoms with E-state index >= 15 is 0 Å². The maximum atomic E-state index is 12.2. The van der Waals surface area contributed by atoms with E-state index in [1.807, 2.05) is 42.1 Å². The van der Waals surface area contributed by atoms with Gasteiger partial charge >= 0.3 is 0 Å². The van der Waals surface area contributed by atoms with Gasteiger partial charge in [0.2, 0.25) is 0 Å². The molecule has 1 amide bonds. The molecule has 0 radical (unpaired) electrons. The number of thioether (sulfide) groups is 2. The van der Waals surface area contributed by atoms with E-state index in [2.05, 4.69) is 4.98 Å². The van der Waals surface area contributed by atoms with Gasteiger partial charge < -0.3 is 9.30 Å². The molecule has 0 saturated carbocycles. The van der Waals surface area contributed by atoms with E-state index in [1.165, 1.54) is 16.7 Å². The van der Waals surface area contributed by atoms with Crippen LogP contribution in [0.25, 0.3) is 6.08 Å². The van der Waals surface area contributed by atoms with Crippen LogP contribution in [0, 0.1) is 0 Å². The molecule has 0 N–H and O–H groups in total.